The second-order valence-electron chi connectivity index (χ2n) is 8.27. The van der Waals surface area contributed by atoms with Gasteiger partial charge >= 0.3 is 5.69 Å². The maximum Gasteiger partial charge on any atom is 0.329 e. The van der Waals surface area contributed by atoms with E-state index in [2.05, 4.69) is 16.2 Å². The van der Waals surface area contributed by atoms with Crippen molar-refractivity contribution in [1.82, 2.24) is 9.55 Å². The van der Waals surface area contributed by atoms with Crippen LogP contribution in [0.5, 0.6) is 0 Å². The zero-order valence-corrected chi connectivity index (χ0v) is 17.2. The smallest absolute Gasteiger partial charge is 0.329 e. The number of Topliss-reactive ketones (excluding diaryl/α,β-unsaturated/α-hetero) is 1. The molecule has 3 heterocycles. The molecule has 2 aliphatic heterocycles. The third kappa shape index (κ3) is 2.04. The first-order valence-electron chi connectivity index (χ1n) is 10.3. The molecule has 1 unspecified atom stereocenters. The number of nitrogens with one attached hydrogen (secondary N) is 2. The second kappa shape index (κ2) is 6.11. The highest BCUT2D eigenvalue weighted by Crippen LogP contribution is 2.56. The number of fused-ring (bicyclic) bond motifs is 7. The van der Waals surface area contributed by atoms with E-state index in [-0.39, 0.29) is 5.78 Å². The minimum absolute atomic E-state index is 0.126. The summed E-state index contributed by atoms with van der Waals surface area (Å²) >= 11 is 0. The van der Waals surface area contributed by atoms with Crippen LogP contribution < -0.4 is 21.5 Å². The SMILES string of the molecule is C#CCN1CC2(C3=C(Nc4c2c(=O)[nH]c(=O)n4C)c2ccccc2C3=O)c2ccccc21. The van der Waals surface area contributed by atoms with Gasteiger partial charge in [0.25, 0.3) is 5.56 Å². The number of rotatable bonds is 1. The molecule has 1 atom stereocenters. The molecule has 7 heteroatoms. The monoisotopic (exact) mass is 422 g/mol. The molecule has 0 saturated carbocycles. The van der Waals surface area contributed by atoms with Gasteiger partial charge in [-0.25, -0.2) is 4.79 Å². The number of ketones is 1. The summed E-state index contributed by atoms with van der Waals surface area (Å²) in [5.74, 6) is 2.95. The number of hydrogen-bond donors (Lipinski definition) is 2. The number of para-hydroxylation sites is 1. The first-order valence-corrected chi connectivity index (χ1v) is 10.3. The highest BCUT2D eigenvalue weighted by molar-refractivity contribution is 6.25. The zero-order valence-electron chi connectivity index (χ0n) is 17.2. The van der Waals surface area contributed by atoms with Gasteiger partial charge in [0.1, 0.15) is 5.82 Å². The normalized spacial score (nSPS) is 19.9. The second-order valence-corrected chi connectivity index (χ2v) is 8.27. The summed E-state index contributed by atoms with van der Waals surface area (Å²) in [6.45, 7) is 0.653. The van der Waals surface area contributed by atoms with Gasteiger partial charge in [0, 0.05) is 36.0 Å². The number of H-pyrrole nitrogens is 1. The van der Waals surface area contributed by atoms with Gasteiger partial charge < -0.3 is 10.2 Å². The van der Waals surface area contributed by atoms with Crippen molar-refractivity contribution in [1.29, 1.82) is 0 Å². The number of terminal acetylenes is 1. The van der Waals surface area contributed by atoms with Crippen LogP contribution in [0.15, 0.2) is 63.7 Å². The van der Waals surface area contributed by atoms with E-state index in [1.807, 2.05) is 47.4 Å². The summed E-state index contributed by atoms with van der Waals surface area (Å²) in [5.41, 5.74) is 2.44. The highest BCUT2D eigenvalue weighted by atomic mass is 16.2. The van der Waals surface area contributed by atoms with Crippen LogP contribution in [-0.2, 0) is 12.5 Å². The third-order valence-electron chi connectivity index (χ3n) is 6.75. The Hall–Kier alpha value is -4.31. The molecule has 3 aliphatic rings. The van der Waals surface area contributed by atoms with E-state index < -0.39 is 16.7 Å². The molecule has 6 rings (SSSR count). The molecule has 7 nitrogen and oxygen atoms in total. The van der Waals surface area contributed by atoms with Crippen LogP contribution in [0.1, 0.15) is 27.0 Å². The molecule has 2 aromatic carbocycles. The van der Waals surface area contributed by atoms with Gasteiger partial charge in [-0.3, -0.25) is 19.1 Å². The predicted molar refractivity (Wildman–Crippen MR) is 122 cm³/mol. The summed E-state index contributed by atoms with van der Waals surface area (Å²) in [4.78, 5) is 44.1. The average molecular weight is 422 g/mol. The van der Waals surface area contributed by atoms with Crippen LogP contribution in [0.3, 0.4) is 0 Å². The molecule has 156 valence electrons. The average Bonchev–Trinajstić information content (AvgIpc) is 3.26. The largest absolute Gasteiger partial charge is 0.359 e. The number of aromatic nitrogens is 2. The summed E-state index contributed by atoms with van der Waals surface area (Å²) in [6, 6.07) is 15.1. The van der Waals surface area contributed by atoms with Crippen LogP contribution >= 0.6 is 0 Å². The molecule has 0 fully saturated rings. The zero-order chi connectivity index (χ0) is 22.2. The van der Waals surface area contributed by atoms with Crippen molar-refractivity contribution >= 4 is 23.0 Å². The van der Waals surface area contributed by atoms with Crippen LogP contribution in [0, 0.1) is 12.3 Å². The van der Waals surface area contributed by atoms with Crippen molar-refractivity contribution < 1.29 is 4.79 Å². The topological polar surface area (TPSA) is 87.2 Å². The molecule has 0 saturated heterocycles. The quantitative estimate of drug-likeness (QED) is 0.585. The van der Waals surface area contributed by atoms with E-state index >= 15 is 0 Å². The molecule has 0 radical (unpaired) electrons. The van der Waals surface area contributed by atoms with Crippen LogP contribution in [0.25, 0.3) is 5.70 Å². The number of aromatic amines is 1. The number of benzene rings is 2. The van der Waals surface area contributed by atoms with E-state index in [1.54, 1.807) is 13.1 Å². The molecule has 1 aliphatic carbocycles. The van der Waals surface area contributed by atoms with Crippen molar-refractivity contribution in [3.63, 3.8) is 0 Å². The Bertz CT molecular complexity index is 1550. The lowest BCUT2D eigenvalue weighted by molar-refractivity contribution is 0.102. The number of nitrogens with zero attached hydrogens (tertiary/aromatic N) is 2. The van der Waals surface area contributed by atoms with Crippen LogP contribution in [0.4, 0.5) is 11.5 Å². The first kappa shape index (κ1) is 18.5. The Labute approximate surface area is 183 Å². The molecule has 1 aromatic heterocycles. The van der Waals surface area contributed by atoms with Crippen LogP contribution in [0.2, 0.25) is 0 Å². The van der Waals surface area contributed by atoms with Gasteiger partial charge in [-0.1, -0.05) is 48.4 Å². The van der Waals surface area contributed by atoms with Crippen molar-refractivity contribution in [3.05, 3.63) is 97.2 Å². The van der Waals surface area contributed by atoms with E-state index in [9.17, 15) is 14.4 Å². The van der Waals surface area contributed by atoms with Gasteiger partial charge in [-0.2, -0.15) is 0 Å². The number of carbonyl (C=O) groups is 1. The molecule has 1 spiro atoms. The highest BCUT2D eigenvalue weighted by Gasteiger charge is 2.57. The number of hydrogen-bond acceptors (Lipinski definition) is 5. The lowest BCUT2D eigenvalue weighted by atomic mass is 9.68. The minimum Gasteiger partial charge on any atom is -0.359 e. The fourth-order valence-electron chi connectivity index (χ4n) is 5.47. The molecule has 0 amide bonds. The van der Waals surface area contributed by atoms with Crippen molar-refractivity contribution in [2.45, 2.75) is 5.41 Å². The van der Waals surface area contributed by atoms with E-state index in [4.69, 9.17) is 6.42 Å². The summed E-state index contributed by atoms with van der Waals surface area (Å²) in [6.07, 6.45) is 5.66. The van der Waals surface area contributed by atoms with Gasteiger partial charge in [-0.05, 0) is 11.6 Å². The Morgan fingerprint density at radius 3 is 2.56 bits per heavy atom. The molecule has 3 aromatic rings. The van der Waals surface area contributed by atoms with Crippen molar-refractivity contribution in [3.8, 4) is 12.3 Å². The molecule has 32 heavy (non-hydrogen) atoms. The number of anilines is 2. The van der Waals surface area contributed by atoms with Gasteiger partial charge in [0.15, 0.2) is 5.78 Å². The Morgan fingerprint density at radius 2 is 1.78 bits per heavy atom. The van der Waals surface area contributed by atoms with E-state index in [0.29, 0.717) is 41.3 Å². The molecular formula is C25H18N4O3. The van der Waals surface area contributed by atoms with Crippen molar-refractivity contribution in [2.75, 3.05) is 23.3 Å². The standard InChI is InChI=1S/C25H18N4O3/c1-3-12-29-13-25(16-10-6-7-11-17(16)29)18-20(14-8-4-5-9-15(14)21(18)30)26-22-19(25)23(31)27-24(32)28(22)2/h1,4-11,26H,12-13H2,2H3,(H,27,31,32). The van der Waals surface area contributed by atoms with Gasteiger partial charge in [-0.15, -0.1) is 6.42 Å². The van der Waals surface area contributed by atoms with Gasteiger partial charge in [0.2, 0.25) is 0 Å². The maximum atomic E-state index is 13.8. The number of carbonyl (C=O) groups excluding carboxylic acids is 1. The minimum atomic E-state index is -1.07. The summed E-state index contributed by atoms with van der Waals surface area (Å²) in [7, 11) is 1.60. The third-order valence-corrected chi connectivity index (χ3v) is 6.75. The molecule has 2 N–H and O–H groups in total. The van der Waals surface area contributed by atoms with Crippen LogP contribution in [-0.4, -0.2) is 28.4 Å². The Balaban J connectivity index is 1.79. The fraction of sp³-hybridized carbons (Fsp3) is 0.160. The summed E-state index contributed by atoms with van der Waals surface area (Å²) < 4.78 is 1.39. The first-order chi connectivity index (χ1) is 15.5. The van der Waals surface area contributed by atoms with E-state index in [1.165, 1.54) is 4.57 Å². The lowest BCUT2D eigenvalue weighted by Gasteiger charge is -2.37. The molecule has 0 bridgehead atoms. The lowest BCUT2D eigenvalue weighted by Crippen LogP contribution is -2.48. The van der Waals surface area contributed by atoms with Gasteiger partial charge in [0.05, 0.1) is 23.2 Å². The fourth-order valence-corrected chi connectivity index (χ4v) is 5.47. The molecular weight excluding hydrogens is 404 g/mol. The Kier molecular flexibility index (Phi) is 3.52. The van der Waals surface area contributed by atoms with E-state index in [0.717, 1.165) is 16.8 Å². The Morgan fingerprint density at radius 1 is 1.06 bits per heavy atom. The maximum absolute atomic E-state index is 13.8. The predicted octanol–water partition coefficient (Wildman–Crippen LogP) is 1.85. The van der Waals surface area contributed by atoms with Crippen molar-refractivity contribution in [2.24, 2.45) is 7.05 Å². The summed E-state index contributed by atoms with van der Waals surface area (Å²) in [5, 5.41) is 3.27.